The van der Waals surface area contributed by atoms with Crippen LogP contribution >= 0.6 is 10.7 Å². The minimum absolute atomic E-state index is 0.104. The molecule has 3 nitrogen and oxygen atoms in total. The Hall–Kier alpha value is -0.740. The second-order valence-electron chi connectivity index (χ2n) is 4.08. The minimum Gasteiger partial charge on any atom is -0.490 e. The van der Waals surface area contributed by atoms with Crippen LogP contribution < -0.4 is 4.74 Å². The molecule has 96 valence electrons. The number of aryl methyl sites for hydroxylation is 1. The zero-order chi connectivity index (χ0) is 13.1. The van der Waals surface area contributed by atoms with Crippen molar-refractivity contribution in [2.45, 2.75) is 44.6 Å². The quantitative estimate of drug-likeness (QED) is 0.773. The van der Waals surface area contributed by atoms with E-state index in [1.54, 1.807) is 13.0 Å². The van der Waals surface area contributed by atoms with Crippen LogP contribution in [0, 0.1) is 6.92 Å². The van der Waals surface area contributed by atoms with E-state index in [-0.39, 0.29) is 11.0 Å². The van der Waals surface area contributed by atoms with Crippen LogP contribution in [-0.2, 0) is 9.05 Å². The van der Waals surface area contributed by atoms with Crippen LogP contribution in [0.1, 0.15) is 32.3 Å². The summed E-state index contributed by atoms with van der Waals surface area (Å²) in [6.07, 6.45) is 2.14. The van der Waals surface area contributed by atoms with Gasteiger partial charge in [-0.15, -0.1) is 0 Å². The lowest BCUT2D eigenvalue weighted by Gasteiger charge is -2.15. The summed E-state index contributed by atoms with van der Waals surface area (Å²) in [5.74, 6) is 0.704. The summed E-state index contributed by atoms with van der Waals surface area (Å²) < 4.78 is 28.0. The lowest BCUT2D eigenvalue weighted by Crippen LogP contribution is -2.11. The Kier molecular flexibility index (Phi) is 4.83. The van der Waals surface area contributed by atoms with E-state index in [4.69, 9.17) is 15.4 Å². The van der Waals surface area contributed by atoms with Gasteiger partial charge in [0.05, 0.1) is 11.0 Å². The van der Waals surface area contributed by atoms with Gasteiger partial charge >= 0.3 is 0 Å². The van der Waals surface area contributed by atoms with Crippen LogP contribution in [0.4, 0.5) is 0 Å². The van der Waals surface area contributed by atoms with E-state index in [0.717, 1.165) is 18.4 Å². The average Bonchev–Trinajstić information content (AvgIpc) is 2.20. The van der Waals surface area contributed by atoms with Gasteiger partial charge in [-0.2, -0.15) is 0 Å². The molecule has 1 unspecified atom stereocenters. The van der Waals surface area contributed by atoms with Crippen LogP contribution in [0.3, 0.4) is 0 Å². The molecular weight excluding hydrogens is 260 g/mol. The standard InChI is InChI=1S/C12H17ClO3S/c1-4-5-10(3)16-12-7-6-11(8-9(12)2)17(13,14)15/h6-8,10H,4-5H2,1-3H3. The highest BCUT2D eigenvalue weighted by molar-refractivity contribution is 8.13. The summed E-state index contributed by atoms with van der Waals surface area (Å²) in [6.45, 7) is 5.89. The van der Waals surface area contributed by atoms with Crippen LogP contribution in [0.25, 0.3) is 0 Å². The topological polar surface area (TPSA) is 43.4 Å². The summed E-state index contributed by atoms with van der Waals surface area (Å²) in [7, 11) is 1.61. The third kappa shape index (κ3) is 4.21. The largest absolute Gasteiger partial charge is 0.490 e. The van der Waals surface area contributed by atoms with Crippen molar-refractivity contribution >= 4 is 19.7 Å². The molecule has 1 aromatic carbocycles. The highest BCUT2D eigenvalue weighted by Crippen LogP contribution is 2.25. The third-order valence-electron chi connectivity index (χ3n) is 2.45. The van der Waals surface area contributed by atoms with E-state index in [2.05, 4.69) is 6.92 Å². The van der Waals surface area contributed by atoms with Gasteiger partial charge in [0.2, 0.25) is 0 Å². The maximum Gasteiger partial charge on any atom is 0.261 e. The summed E-state index contributed by atoms with van der Waals surface area (Å²) >= 11 is 0. The van der Waals surface area contributed by atoms with Crippen molar-refractivity contribution < 1.29 is 13.2 Å². The van der Waals surface area contributed by atoms with E-state index in [9.17, 15) is 8.42 Å². The highest BCUT2D eigenvalue weighted by Gasteiger charge is 2.12. The number of halogens is 1. The monoisotopic (exact) mass is 276 g/mol. The first kappa shape index (κ1) is 14.3. The molecule has 1 rings (SSSR count). The molecule has 1 atom stereocenters. The van der Waals surface area contributed by atoms with E-state index < -0.39 is 9.05 Å². The molecule has 0 aromatic heterocycles. The van der Waals surface area contributed by atoms with E-state index in [1.807, 2.05) is 6.92 Å². The predicted octanol–water partition coefficient (Wildman–Crippen LogP) is 3.49. The number of hydrogen-bond acceptors (Lipinski definition) is 3. The molecule has 0 N–H and O–H groups in total. The van der Waals surface area contributed by atoms with Crippen LogP contribution in [-0.4, -0.2) is 14.5 Å². The van der Waals surface area contributed by atoms with Gasteiger partial charge in [0.25, 0.3) is 9.05 Å². The van der Waals surface area contributed by atoms with E-state index in [0.29, 0.717) is 5.75 Å². The fourth-order valence-electron chi connectivity index (χ4n) is 1.59. The summed E-state index contributed by atoms with van der Waals surface area (Å²) in [4.78, 5) is 0.104. The molecule has 0 aliphatic carbocycles. The van der Waals surface area contributed by atoms with Gasteiger partial charge in [-0.3, -0.25) is 0 Å². The normalized spacial score (nSPS) is 13.4. The number of ether oxygens (including phenoxy) is 1. The van der Waals surface area contributed by atoms with Gasteiger partial charge in [0.15, 0.2) is 0 Å². The smallest absolute Gasteiger partial charge is 0.261 e. The molecule has 0 bridgehead atoms. The second kappa shape index (κ2) is 5.74. The molecule has 0 amide bonds. The van der Waals surface area contributed by atoms with Gasteiger partial charge in [0.1, 0.15) is 5.75 Å². The van der Waals surface area contributed by atoms with E-state index in [1.165, 1.54) is 12.1 Å². The van der Waals surface area contributed by atoms with E-state index >= 15 is 0 Å². The number of benzene rings is 1. The summed E-state index contributed by atoms with van der Waals surface area (Å²) in [6, 6.07) is 4.64. The Morgan fingerprint density at radius 3 is 2.53 bits per heavy atom. The summed E-state index contributed by atoms with van der Waals surface area (Å²) in [5.41, 5.74) is 0.773. The van der Waals surface area contributed by atoms with Crippen molar-refractivity contribution in [1.29, 1.82) is 0 Å². The maximum absolute atomic E-state index is 11.1. The SMILES string of the molecule is CCCC(C)Oc1ccc(S(=O)(=O)Cl)cc1C. The molecule has 0 saturated heterocycles. The Morgan fingerprint density at radius 2 is 2.06 bits per heavy atom. The Morgan fingerprint density at radius 1 is 1.41 bits per heavy atom. The lowest BCUT2D eigenvalue weighted by atomic mass is 10.2. The van der Waals surface area contributed by atoms with Gasteiger partial charge in [0, 0.05) is 10.7 Å². The molecule has 0 radical (unpaired) electrons. The zero-order valence-electron chi connectivity index (χ0n) is 10.2. The molecule has 0 fully saturated rings. The maximum atomic E-state index is 11.1. The fraction of sp³-hybridized carbons (Fsp3) is 0.500. The molecule has 5 heteroatoms. The number of rotatable bonds is 5. The van der Waals surface area contributed by atoms with Crippen molar-refractivity contribution in [3.63, 3.8) is 0 Å². The van der Waals surface area contributed by atoms with Crippen molar-refractivity contribution in [3.05, 3.63) is 23.8 Å². The molecule has 0 aliphatic heterocycles. The Balaban J connectivity index is 2.91. The van der Waals surface area contributed by atoms with Gasteiger partial charge < -0.3 is 4.74 Å². The van der Waals surface area contributed by atoms with Crippen LogP contribution in [0.2, 0.25) is 0 Å². The molecule has 1 aromatic rings. The van der Waals surface area contributed by atoms with Gasteiger partial charge in [-0.05, 0) is 44.0 Å². The molecular formula is C12H17ClO3S. The Labute approximate surface area is 107 Å². The molecule has 17 heavy (non-hydrogen) atoms. The fourth-order valence-corrected chi connectivity index (χ4v) is 2.42. The Bertz CT molecular complexity index is 483. The van der Waals surface area contributed by atoms with Gasteiger partial charge in [-0.1, -0.05) is 13.3 Å². The van der Waals surface area contributed by atoms with Gasteiger partial charge in [-0.25, -0.2) is 8.42 Å². The minimum atomic E-state index is -3.66. The highest BCUT2D eigenvalue weighted by atomic mass is 35.7. The second-order valence-corrected chi connectivity index (χ2v) is 6.65. The lowest BCUT2D eigenvalue weighted by molar-refractivity contribution is 0.208. The van der Waals surface area contributed by atoms with Crippen molar-refractivity contribution in [1.82, 2.24) is 0 Å². The molecule has 0 saturated carbocycles. The average molecular weight is 277 g/mol. The van der Waals surface area contributed by atoms with Crippen LogP contribution in [0.5, 0.6) is 5.75 Å². The molecule has 0 heterocycles. The first-order chi connectivity index (χ1) is 7.84. The first-order valence-electron chi connectivity index (χ1n) is 5.56. The van der Waals surface area contributed by atoms with Crippen molar-refractivity contribution in [2.75, 3.05) is 0 Å². The number of hydrogen-bond donors (Lipinski definition) is 0. The van der Waals surface area contributed by atoms with Crippen molar-refractivity contribution in [2.24, 2.45) is 0 Å². The zero-order valence-corrected chi connectivity index (χ0v) is 11.8. The van der Waals surface area contributed by atoms with Crippen molar-refractivity contribution in [3.8, 4) is 5.75 Å². The third-order valence-corrected chi connectivity index (χ3v) is 3.80. The molecule has 0 aliphatic rings. The first-order valence-corrected chi connectivity index (χ1v) is 7.87. The van der Waals surface area contributed by atoms with Crippen LogP contribution in [0.15, 0.2) is 23.1 Å². The molecule has 0 spiro atoms. The summed E-state index contributed by atoms with van der Waals surface area (Å²) in [5, 5.41) is 0. The predicted molar refractivity (Wildman–Crippen MR) is 69.2 cm³/mol.